The number of amides is 1. The van der Waals surface area contributed by atoms with E-state index in [2.05, 4.69) is 26.1 Å². The number of rotatable bonds is 4. The zero-order chi connectivity index (χ0) is 19.7. The second-order valence-electron chi connectivity index (χ2n) is 6.52. The molecule has 0 bridgehead atoms. The van der Waals surface area contributed by atoms with Crippen LogP contribution in [0.15, 0.2) is 51.5 Å². The number of hydrogen-bond acceptors (Lipinski definition) is 5. The van der Waals surface area contributed by atoms with Crippen molar-refractivity contribution in [2.24, 2.45) is 0 Å². The molecule has 1 amide bonds. The van der Waals surface area contributed by atoms with E-state index in [1.54, 1.807) is 18.9 Å². The van der Waals surface area contributed by atoms with Crippen LogP contribution in [-0.2, 0) is 11.3 Å². The molecule has 2 aromatic carbocycles. The molecule has 0 saturated heterocycles. The van der Waals surface area contributed by atoms with E-state index in [0.717, 1.165) is 27.0 Å². The van der Waals surface area contributed by atoms with Gasteiger partial charge in [-0.25, -0.2) is 0 Å². The number of nitrogens with zero attached hydrogens (tertiary/aromatic N) is 3. The Kier molecular flexibility index (Phi) is 5.00. The lowest BCUT2D eigenvalue weighted by atomic mass is 10.1. The van der Waals surface area contributed by atoms with Crippen molar-refractivity contribution in [1.29, 1.82) is 0 Å². The highest BCUT2D eigenvalue weighted by atomic mass is 79.9. The molecule has 3 aromatic rings. The van der Waals surface area contributed by atoms with Gasteiger partial charge in [0.05, 0.1) is 25.8 Å². The van der Waals surface area contributed by atoms with E-state index in [0.29, 0.717) is 23.8 Å². The molecule has 0 saturated carbocycles. The fourth-order valence-corrected chi connectivity index (χ4v) is 3.50. The number of hydrogen-bond donors (Lipinski definition) is 0. The van der Waals surface area contributed by atoms with Gasteiger partial charge in [0.25, 0.3) is 5.89 Å². The van der Waals surface area contributed by atoms with Crippen molar-refractivity contribution in [2.45, 2.75) is 19.9 Å². The van der Waals surface area contributed by atoms with Gasteiger partial charge >= 0.3 is 0 Å². The molecule has 0 N–H and O–H groups in total. The lowest BCUT2D eigenvalue weighted by Crippen LogP contribution is -2.30. The standard InChI is InChI=1S/C21H18BrN3O3/c1-13-23-21(28-24-13)16-9-15-5-6-17(22)11-19(15)25(20(26)10-16)12-14-3-7-18(27-2)8-4-14/h3-9,11H,10,12H2,1-2H3. The third-order valence-electron chi connectivity index (χ3n) is 4.56. The number of methoxy groups -OCH3 is 1. The fraction of sp³-hybridized carbons (Fsp3) is 0.190. The zero-order valence-electron chi connectivity index (χ0n) is 15.5. The average molecular weight is 440 g/mol. The highest BCUT2D eigenvalue weighted by molar-refractivity contribution is 9.10. The summed E-state index contributed by atoms with van der Waals surface area (Å²) in [5, 5.41) is 3.85. The van der Waals surface area contributed by atoms with Crippen molar-refractivity contribution in [3.63, 3.8) is 0 Å². The summed E-state index contributed by atoms with van der Waals surface area (Å²) in [6.07, 6.45) is 2.13. The molecule has 0 spiro atoms. The summed E-state index contributed by atoms with van der Waals surface area (Å²) in [4.78, 5) is 19.2. The second-order valence-corrected chi connectivity index (χ2v) is 7.44. The number of halogens is 1. The minimum Gasteiger partial charge on any atom is -0.497 e. The van der Waals surface area contributed by atoms with Crippen LogP contribution in [0.4, 0.5) is 5.69 Å². The van der Waals surface area contributed by atoms with Crippen LogP contribution in [0.2, 0.25) is 0 Å². The van der Waals surface area contributed by atoms with E-state index in [4.69, 9.17) is 9.26 Å². The number of aromatic nitrogens is 2. The first kappa shape index (κ1) is 18.4. The van der Waals surface area contributed by atoms with E-state index in [9.17, 15) is 4.79 Å². The molecule has 4 rings (SSSR count). The van der Waals surface area contributed by atoms with Gasteiger partial charge < -0.3 is 14.2 Å². The number of anilines is 1. The maximum absolute atomic E-state index is 13.2. The maximum atomic E-state index is 13.2. The number of carbonyl (C=O) groups excluding carboxylic acids is 1. The van der Waals surface area contributed by atoms with Crippen molar-refractivity contribution in [3.8, 4) is 5.75 Å². The smallest absolute Gasteiger partial charge is 0.254 e. The summed E-state index contributed by atoms with van der Waals surface area (Å²) < 4.78 is 11.4. The van der Waals surface area contributed by atoms with Gasteiger partial charge in [-0.05, 0) is 48.4 Å². The van der Waals surface area contributed by atoms with E-state index in [1.165, 1.54) is 0 Å². The molecule has 0 unspecified atom stereocenters. The third-order valence-corrected chi connectivity index (χ3v) is 5.05. The van der Waals surface area contributed by atoms with Gasteiger partial charge in [0.15, 0.2) is 5.82 Å². The van der Waals surface area contributed by atoms with Crippen LogP contribution in [0.25, 0.3) is 11.6 Å². The number of aryl methyl sites for hydroxylation is 1. The Morgan fingerprint density at radius 2 is 2.00 bits per heavy atom. The van der Waals surface area contributed by atoms with E-state index >= 15 is 0 Å². The van der Waals surface area contributed by atoms with Crippen LogP contribution >= 0.6 is 15.9 Å². The lowest BCUT2D eigenvalue weighted by Gasteiger charge is -2.23. The third kappa shape index (κ3) is 3.71. The molecule has 1 aliphatic heterocycles. The van der Waals surface area contributed by atoms with E-state index in [1.807, 2.05) is 48.5 Å². The first-order chi connectivity index (χ1) is 13.5. The second kappa shape index (κ2) is 7.59. The van der Waals surface area contributed by atoms with Crippen molar-refractivity contribution in [2.75, 3.05) is 12.0 Å². The van der Waals surface area contributed by atoms with Gasteiger partial charge in [-0.2, -0.15) is 4.98 Å². The number of benzene rings is 2. The molecule has 2 heterocycles. The Labute approximate surface area is 170 Å². The summed E-state index contributed by atoms with van der Waals surface area (Å²) in [7, 11) is 1.63. The molecule has 6 nitrogen and oxygen atoms in total. The SMILES string of the molecule is COc1ccc(CN2C(=O)CC(c3nc(C)no3)=Cc3ccc(Br)cc32)cc1. The zero-order valence-corrected chi connectivity index (χ0v) is 17.1. The topological polar surface area (TPSA) is 68.5 Å². The summed E-state index contributed by atoms with van der Waals surface area (Å²) in [6, 6.07) is 13.6. The first-order valence-corrected chi connectivity index (χ1v) is 9.57. The Balaban J connectivity index is 1.73. The Bertz CT molecular complexity index is 1060. The van der Waals surface area contributed by atoms with Crippen LogP contribution in [0.3, 0.4) is 0 Å². The summed E-state index contributed by atoms with van der Waals surface area (Å²) in [5.74, 6) is 1.67. The molecule has 7 heteroatoms. The van der Waals surface area contributed by atoms with Gasteiger partial charge in [0.2, 0.25) is 5.91 Å². The van der Waals surface area contributed by atoms with Crippen LogP contribution < -0.4 is 9.64 Å². The Morgan fingerprint density at radius 3 is 2.68 bits per heavy atom. The van der Waals surface area contributed by atoms with Crippen molar-refractivity contribution in [3.05, 3.63) is 69.8 Å². The van der Waals surface area contributed by atoms with Crippen LogP contribution in [0, 0.1) is 6.92 Å². The van der Waals surface area contributed by atoms with Gasteiger partial charge in [-0.3, -0.25) is 4.79 Å². The molecular formula is C21H18BrN3O3. The maximum Gasteiger partial charge on any atom is 0.254 e. The molecule has 142 valence electrons. The molecule has 1 aliphatic rings. The molecular weight excluding hydrogens is 422 g/mol. The Morgan fingerprint density at radius 1 is 1.21 bits per heavy atom. The monoisotopic (exact) mass is 439 g/mol. The number of fused-ring (bicyclic) bond motifs is 1. The van der Waals surface area contributed by atoms with Crippen LogP contribution in [0.5, 0.6) is 5.75 Å². The van der Waals surface area contributed by atoms with Crippen LogP contribution in [0.1, 0.15) is 29.3 Å². The fourth-order valence-electron chi connectivity index (χ4n) is 3.16. The first-order valence-electron chi connectivity index (χ1n) is 8.77. The molecule has 0 atom stereocenters. The van der Waals surface area contributed by atoms with E-state index < -0.39 is 0 Å². The normalized spacial score (nSPS) is 13.8. The van der Waals surface area contributed by atoms with Crippen LogP contribution in [-0.4, -0.2) is 23.2 Å². The predicted molar refractivity (Wildman–Crippen MR) is 110 cm³/mol. The number of ether oxygens (including phenoxy) is 1. The molecule has 0 radical (unpaired) electrons. The largest absolute Gasteiger partial charge is 0.497 e. The molecule has 1 aromatic heterocycles. The van der Waals surface area contributed by atoms with Gasteiger partial charge in [0.1, 0.15) is 5.75 Å². The van der Waals surface area contributed by atoms with E-state index in [-0.39, 0.29) is 12.3 Å². The van der Waals surface area contributed by atoms with Crippen molar-refractivity contribution in [1.82, 2.24) is 10.1 Å². The number of carbonyl (C=O) groups is 1. The van der Waals surface area contributed by atoms with Crippen molar-refractivity contribution >= 4 is 39.2 Å². The quantitative estimate of drug-likeness (QED) is 0.592. The lowest BCUT2D eigenvalue weighted by molar-refractivity contribution is -0.117. The van der Waals surface area contributed by atoms with Gasteiger partial charge in [-0.1, -0.05) is 39.3 Å². The minimum atomic E-state index is -0.0326. The summed E-state index contributed by atoms with van der Waals surface area (Å²) in [6.45, 7) is 2.21. The van der Waals surface area contributed by atoms with Crippen molar-refractivity contribution < 1.29 is 14.1 Å². The molecule has 0 aliphatic carbocycles. The average Bonchev–Trinajstić information content (AvgIpc) is 3.08. The highest BCUT2D eigenvalue weighted by Crippen LogP contribution is 2.35. The highest BCUT2D eigenvalue weighted by Gasteiger charge is 2.26. The minimum absolute atomic E-state index is 0.0326. The summed E-state index contributed by atoms with van der Waals surface area (Å²) in [5.41, 5.74) is 3.48. The van der Waals surface area contributed by atoms with Gasteiger partial charge in [0, 0.05) is 10.0 Å². The predicted octanol–water partition coefficient (Wildman–Crippen LogP) is 4.63. The molecule has 28 heavy (non-hydrogen) atoms. The Hall–Kier alpha value is -2.93. The summed E-state index contributed by atoms with van der Waals surface area (Å²) >= 11 is 3.51. The molecule has 0 fully saturated rings. The van der Waals surface area contributed by atoms with Gasteiger partial charge in [-0.15, -0.1) is 0 Å².